The molecule has 2 aromatic rings. The first-order valence-electron chi connectivity index (χ1n) is 6.62. The molecule has 1 saturated heterocycles. The van der Waals surface area contributed by atoms with Gasteiger partial charge in [0.2, 0.25) is 5.89 Å². The summed E-state index contributed by atoms with van der Waals surface area (Å²) in [6, 6.07) is 10.9. The number of nitrogens with zero attached hydrogens (tertiary/aromatic N) is 3. The zero-order valence-corrected chi connectivity index (χ0v) is 11.0. The van der Waals surface area contributed by atoms with Crippen molar-refractivity contribution in [3.05, 3.63) is 47.6 Å². The second kappa shape index (κ2) is 5.50. The number of hydrogen-bond acceptors (Lipinski definition) is 5. The fourth-order valence-corrected chi connectivity index (χ4v) is 2.52. The number of piperazine rings is 1. The van der Waals surface area contributed by atoms with Crippen LogP contribution in [0.15, 0.2) is 34.9 Å². The van der Waals surface area contributed by atoms with Gasteiger partial charge in [-0.15, -0.1) is 0 Å². The van der Waals surface area contributed by atoms with Crippen LogP contribution in [0.2, 0.25) is 0 Å². The van der Waals surface area contributed by atoms with Crippen molar-refractivity contribution in [3.63, 3.8) is 0 Å². The van der Waals surface area contributed by atoms with E-state index in [4.69, 9.17) is 4.52 Å². The summed E-state index contributed by atoms with van der Waals surface area (Å²) in [6.07, 6.45) is 0. The summed E-state index contributed by atoms with van der Waals surface area (Å²) in [5, 5.41) is 7.30. The summed E-state index contributed by atoms with van der Waals surface area (Å²) >= 11 is 0. The SMILES string of the molecule is Cc1noc(CN2CCNCC2c2ccccc2)n1. The van der Waals surface area contributed by atoms with Crippen LogP contribution in [0, 0.1) is 6.92 Å². The molecule has 1 aliphatic rings. The Kier molecular flexibility index (Phi) is 3.57. The molecule has 0 aliphatic carbocycles. The van der Waals surface area contributed by atoms with Crippen molar-refractivity contribution in [2.24, 2.45) is 0 Å². The molecule has 0 amide bonds. The highest BCUT2D eigenvalue weighted by atomic mass is 16.5. The first kappa shape index (κ1) is 12.3. The molecule has 19 heavy (non-hydrogen) atoms. The highest BCUT2D eigenvalue weighted by molar-refractivity contribution is 5.20. The van der Waals surface area contributed by atoms with Crippen LogP contribution in [0.1, 0.15) is 23.3 Å². The van der Waals surface area contributed by atoms with E-state index in [1.807, 2.05) is 13.0 Å². The first-order valence-corrected chi connectivity index (χ1v) is 6.62. The minimum atomic E-state index is 0.363. The number of hydrogen-bond donors (Lipinski definition) is 1. The summed E-state index contributed by atoms with van der Waals surface area (Å²) in [5.74, 6) is 1.39. The number of benzene rings is 1. The van der Waals surface area contributed by atoms with Gasteiger partial charge < -0.3 is 9.84 Å². The van der Waals surface area contributed by atoms with E-state index in [9.17, 15) is 0 Å². The van der Waals surface area contributed by atoms with Gasteiger partial charge in [0, 0.05) is 25.7 Å². The summed E-state index contributed by atoms with van der Waals surface area (Å²) in [5.41, 5.74) is 1.32. The molecule has 1 aliphatic heterocycles. The maximum atomic E-state index is 5.23. The van der Waals surface area contributed by atoms with Gasteiger partial charge in [0.15, 0.2) is 5.82 Å². The van der Waals surface area contributed by atoms with Gasteiger partial charge in [0.25, 0.3) is 0 Å². The topological polar surface area (TPSA) is 54.2 Å². The van der Waals surface area contributed by atoms with Crippen molar-refractivity contribution in [1.29, 1.82) is 0 Å². The van der Waals surface area contributed by atoms with Crippen molar-refractivity contribution in [3.8, 4) is 0 Å². The van der Waals surface area contributed by atoms with E-state index in [0.29, 0.717) is 24.3 Å². The van der Waals surface area contributed by atoms with E-state index in [1.54, 1.807) is 0 Å². The lowest BCUT2D eigenvalue weighted by Gasteiger charge is -2.35. The third-order valence-corrected chi connectivity index (χ3v) is 3.45. The van der Waals surface area contributed by atoms with E-state index < -0.39 is 0 Å². The normalized spacial score (nSPS) is 20.6. The number of aromatic nitrogens is 2. The summed E-state index contributed by atoms with van der Waals surface area (Å²) in [6.45, 7) is 5.50. The average Bonchev–Trinajstić information content (AvgIpc) is 2.86. The van der Waals surface area contributed by atoms with Crippen molar-refractivity contribution >= 4 is 0 Å². The molecule has 0 spiro atoms. The van der Waals surface area contributed by atoms with E-state index >= 15 is 0 Å². The molecule has 5 nitrogen and oxygen atoms in total. The molecule has 3 rings (SSSR count). The van der Waals surface area contributed by atoms with Crippen LogP contribution in [-0.4, -0.2) is 34.7 Å². The second-order valence-electron chi connectivity index (χ2n) is 4.84. The van der Waals surface area contributed by atoms with Crippen LogP contribution >= 0.6 is 0 Å². The Bertz CT molecular complexity index is 525. The van der Waals surface area contributed by atoms with Crippen LogP contribution in [0.25, 0.3) is 0 Å². The maximum Gasteiger partial charge on any atom is 0.240 e. The van der Waals surface area contributed by atoms with Gasteiger partial charge in [-0.25, -0.2) is 0 Å². The number of rotatable bonds is 3. The van der Waals surface area contributed by atoms with Gasteiger partial charge in [-0.3, -0.25) is 4.90 Å². The van der Waals surface area contributed by atoms with Gasteiger partial charge in [-0.05, 0) is 12.5 Å². The molecule has 100 valence electrons. The van der Waals surface area contributed by atoms with Gasteiger partial charge >= 0.3 is 0 Å². The molecule has 1 atom stereocenters. The molecule has 0 bridgehead atoms. The lowest BCUT2D eigenvalue weighted by molar-refractivity contribution is 0.135. The van der Waals surface area contributed by atoms with Crippen molar-refractivity contribution < 1.29 is 4.52 Å². The molecule has 0 saturated carbocycles. The van der Waals surface area contributed by atoms with Gasteiger partial charge in [0.05, 0.1) is 6.54 Å². The molecule has 1 aromatic carbocycles. The predicted molar refractivity (Wildman–Crippen MR) is 71.5 cm³/mol. The van der Waals surface area contributed by atoms with Crippen LogP contribution < -0.4 is 5.32 Å². The number of aryl methyl sites for hydroxylation is 1. The second-order valence-corrected chi connectivity index (χ2v) is 4.84. The lowest BCUT2D eigenvalue weighted by atomic mass is 10.0. The summed E-state index contributed by atoms with van der Waals surface area (Å²) in [7, 11) is 0. The molecule has 1 unspecified atom stereocenters. The third-order valence-electron chi connectivity index (χ3n) is 3.45. The Morgan fingerprint density at radius 1 is 1.37 bits per heavy atom. The van der Waals surface area contributed by atoms with E-state index in [-0.39, 0.29) is 0 Å². The minimum absolute atomic E-state index is 0.363. The van der Waals surface area contributed by atoms with E-state index in [2.05, 4.69) is 44.6 Å². The van der Waals surface area contributed by atoms with Crippen LogP contribution in [0.3, 0.4) is 0 Å². The Labute approximate surface area is 112 Å². The summed E-state index contributed by atoms with van der Waals surface area (Å²) < 4.78 is 5.23. The van der Waals surface area contributed by atoms with E-state index in [1.165, 1.54) is 5.56 Å². The third kappa shape index (κ3) is 2.83. The molecule has 0 radical (unpaired) electrons. The summed E-state index contributed by atoms with van der Waals surface area (Å²) in [4.78, 5) is 6.68. The van der Waals surface area contributed by atoms with Crippen LogP contribution in [-0.2, 0) is 6.54 Å². The standard InChI is InChI=1S/C14H18N4O/c1-11-16-14(19-17-11)10-18-8-7-15-9-13(18)12-5-3-2-4-6-12/h2-6,13,15H,7-10H2,1H3. The van der Waals surface area contributed by atoms with Crippen LogP contribution in [0.4, 0.5) is 0 Å². The number of nitrogens with one attached hydrogen (secondary N) is 1. The Morgan fingerprint density at radius 2 is 2.21 bits per heavy atom. The molecule has 1 N–H and O–H groups in total. The molecule has 1 fully saturated rings. The average molecular weight is 258 g/mol. The van der Waals surface area contributed by atoms with Crippen LogP contribution in [0.5, 0.6) is 0 Å². The minimum Gasteiger partial charge on any atom is -0.338 e. The van der Waals surface area contributed by atoms with E-state index in [0.717, 1.165) is 19.6 Å². The van der Waals surface area contributed by atoms with Crippen molar-refractivity contribution in [2.75, 3.05) is 19.6 Å². The highest BCUT2D eigenvalue weighted by Crippen LogP contribution is 2.23. The molecule has 1 aromatic heterocycles. The molecular formula is C14H18N4O. The Balaban J connectivity index is 1.77. The fraction of sp³-hybridized carbons (Fsp3) is 0.429. The highest BCUT2D eigenvalue weighted by Gasteiger charge is 2.25. The maximum absolute atomic E-state index is 5.23. The lowest BCUT2D eigenvalue weighted by Crippen LogP contribution is -2.45. The zero-order valence-electron chi connectivity index (χ0n) is 11.0. The Hall–Kier alpha value is -1.72. The fourth-order valence-electron chi connectivity index (χ4n) is 2.52. The van der Waals surface area contributed by atoms with Crippen molar-refractivity contribution in [2.45, 2.75) is 19.5 Å². The largest absolute Gasteiger partial charge is 0.338 e. The van der Waals surface area contributed by atoms with Crippen molar-refractivity contribution in [1.82, 2.24) is 20.4 Å². The quantitative estimate of drug-likeness (QED) is 0.904. The zero-order chi connectivity index (χ0) is 13.1. The molecular weight excluding hydrogens is 240 g/mol. The van der Waals surface area contributed by atoms with Gasteiger partial charge in [-0.1, -0.05) is 35.5 Å². The molecule has 5 heteroatoms. The first-order chi connectivity index (χ1) is 9.33. The van der Waals surface area contributed by atoms with Gasteiger partial charge in [0.1, 0.15) is 0 Å². The van der Waals surface area contributed by atoms with Gasteiger partial charge in [-0.2, -0.15) is 4.98 Å². The Morgan fingerprint density at radius 3 is 2.95 bits per heavy atom. The molecule has 2 heterocycles. The predicted octanol–water partition coefficient (Wildman–Crippen LogP) is 1.52. The monoisotopic (exact) mass is 258 g/mol. The smallest absolute Gasteiger partial charge is 0.240 e.